The predicted octanol–water partition coefficient (Wildman–Crippen LogP) is 2.82. The molecule has 21 heavy (non-hydrogen) atoms. The molecule has 2 aliphatic carbocycles. The molecule has 0 radical (unpaired) electrons. The highest BCUT2D eigenvalue weighted by molar-refractivity contribution is 5.17. The summed E-state index contributed by atoms with van der Waals surface area (Å²) in [5.41, 5.74) is 2.48. The van der Waals surface area contributed by atoms with Crippen molar-refractivity contribution < 1.29 is 0 Å². The molecule has 4 heteroatoms. The van der Waals surface area contributed by atoms with Crippen LogP contribution in [0.15, 0.2) is 6.33 Å². The van der Waals surface area contributed by atoms with E-state index in [1.165, 1.54) is 43.5 Å². The lowest BCUT2D eigenvalue weighted by Crippen LogP contribution is -2.47. The van der Waals surface area contributed by atoms with Crippen LogP contribution in [0.25, 0.3) is 0 Å². The van der Waals surface area contributed by atoms with Gasteiger partial charge in [0.1, 0.15) is 5.54 Å². The Bertz CT molecular complexity index is 527. The first-order valence-electron chi connectivity index (χ1n) is 8.48. The van der Waals surface area contributed by atoms with Gasteiger partial charge < -0.3 is 4.57 Å². The van der Waals surface area contributed by atoms with Crippen molar-refractivity contribution in [1.29, 1.82) is 5.26 Å². The van der Waals surface area contributed by atoms with Crippen molar-refractivity contribution in [3.8, 4) is 6.07 Å². The van der Waals surface area contributed by atoms with Gasteiger partial charge in [-0.15, -0.1) is 0 Å². The van der Waals surface area contributed by atoms with E-state index in [1.54, 1.807) is 0 Å². The summed E-state index contributed by atoms with van der Waals surface area (Å²) < 4.78 is 2.35. The minimum Gasteiger partial charge on any atom is -0.334 e. The van der Waals surface area contributed by atoms with Gasteiger partial charge in [0.05, 0.1) is 18.1 Å². The minimum atomic E-state index is -0.282. The molecular formula is C17H26N4. The second-order valence-corrected chi connectivity index (χ2v) is 6.53. The van der Waals surface area contributed by atoms with Gasteiger partial charge in [0.15, 0.2) is 0 Å². The van der Waals surface area contributed by atoms with Gasteiger partial charge in [-0.25, -0.2) is 4.98 Å². The van der Waals surface area contributed by atoms with Crippen LogP contribution in [0.5, 0.6) is 0 Å². The van der Waals surface area contributed by atoms with Crippen LogP contribution in [0.2, 0.25) is 0 Å². The Labute approximate surface area is 127 Å². The van der Waals surface area contributed by atoms with E-state index in [2.05, 4.69) is 27.9 Å². The maximum Gasteiger partial charge on any atom is 0.109 e. The van der Waals surface area contributed by atoms with E-state index in [1.807, 2.05) is 6.33 Å². The fourth-order valence-electron chi connectivity index (χ4n) is 4.22. The molecule has 114 valence electrons. The average molecular weight is 286 g/mol. The Balaban J connectivity index is 1.67. The molecule has 0 bridgehead atoms. The van der Waals surface area contributed by atoms with E-state index in [-0.39, 0.29) is 5.54 Å². The summed E-state index contributed by atoms with van der Waals surface area (Å²) in [4.78, 5) is 4.58. The predicted molar refractivity (Wildman–Crippen MR) is 82.8 cm³/mol. The van der Waals surface area contributed by atoms with Crippen molar-refractivity contribution in [3.05, 3.63) is 17.7 Å². The van der Waals surface area contributed by atoms with Gasteiger partial charge in [-0.3, -0.25) is 5.32 Å². The highest BCUT2D eigenvalue weighted by Crippen LogP contribution is 2.38. The van der Waals surface area contributed by atoms with Crippen molar-refractivity contribution in [3.63, 3.8) is 0 Å². The summed E-state index contributed by atoms with van der Waals surface area (Å²) in [5.74, 6) is 0.476. The minimum absolute atomic E-state index is 0.282. The van der Waals surface area contributed by atoms with Crippen molar-refractivity contribution in [2.24, 2.45) is 5.92 Å². The standard InChI is InChI=1S/C17H26N4/c1-2-20-17(12-18)10-5-6-14(17)9-11-21-13-19-15-7-3-4-8-16(15)21/h13-14,20H,2-11H2,1H3. The second kappa shape index (κ2) is 6.19. The topological polar surface area (TPSA) is 53.6 Å². The van der Waals surface area contributed by atoms with E-state index in [0.717, 1.165) is 32.4 Å². The number of nitriles is 1. The highest BCUT2D eigenvalue weighted by atomic mass is 15.1. The number of imidazole rings is 1. The van der Waals surface area contributed by atoms with Gasteiger partial charge in [0.25, 0.3) is 0 Å². The Morgan fingerprint density at radius 2 is 2.29 bits per heavy atom. The van der Waals surface area contributed by atoms with Crippen LogP contribution >= 0.6 is 0 Å². The maximum absolute atomic E-state index is 9.64. The van der Waals surface area contributed by atoms with E-state index >= 15 is 0 Å². The summed E-state index contributed by atoms with van der Waals surface area (Å²) in [6.07, 6.45) is 11.4. The molecule has 2 atom stereocenters. The lowest BCUT2D eigenvalue weighted by atomic mass is 9.85. The quantitative estimate of drug-likeness (QED) is 0.905. The van der Waals surface area contributed by atoms with Crippen molar-refractivity contribution in [1.82, 2.24) is 14.9 Å². The van der Waals surface area contributed by atoms with Crippen molar-refractivity contribution in [2.75, 3.05) is 6.54 Å². The van der Waals surface area contributed by atoms with Gasteiger partial charge in [-0.2, -0.15) is 5.26 Å². The largest absolute Gasteiger partial charge is 0.334 e. The number of nitrogens with one attached hydrogen (secondary N) is 1. The Morgan fingerprint density at radius 3 is 3.10 bits per heavy atom. The average Bonchev–Trinajstić information content (AvgIpc) is 3.10. The third kappa shape index (κ3) is 2.72. The number of aromatic nitrogens is 2. The first-order valence-corrected chi connectivity index (χ1v) is 8.48. The van der Waals surface area contributed by atoms with Gasteiger partial charge in [-0.1, -0.05) is 13.3 Å². The molecule has 1 saturated carbocycles. The highest BCUT2D eigenvalue weighted by Gasteiger charge is 2.42. The van der Waals surface area contributed by atoms with Crippen LogP contribution in [-0.2, 0) is 19.4 Å². The van der Waals surface area contributed by atoms with Crippen LogP contribution in [0.1, 0.15) is 56.8 Å². The first-order chi connectivity index (χ1) is 10.3. The molecule has 1 N–H and O–H groups in total. The van der Waals surface area contributed by atoms with Gasteiger partial charge in [0, 0.05) is 12.2 Å². The fraction of sp³-hybridized carbons (Fsp3) is 0.765. The van der Waals surface area contributed by atoms with E-state index in [0.29, 0.717) is 5.92 Å². The fourth-order valence-corrected chi connectivity index (χ4v) is 4.22. The third-order valence-corrected chi connectivity index (χ3v) is 5.34. The molecule has 0 aliphatic heterocycles. The van der Waals surface area contributed by atoms with Crippen LogP contribution in [0, 0.1) is 17.2 Å². The van der Waals surface area contributed by atoms with Crippen LogP contribution < -0.4 is 5.32 Å². The molecule has 0 amide bonds. The molecule has 1 aromatic rings. The summed E-state index contributed by atoms with van der Waals surface area (Å²) in [6.45, 7) is 3.99. The van der Waals surface area contributed by atoms with Gasteiger partial charge >= 0.3 is 0 Å². The summed E-state index contributed by atoms with van der Waals surface area (Å²) >= 11 is 0. The smallest absolute Gasteiger partial charge is 0.109 e. The van der Waals surface area contributed by atoms with Crippen LogP contribution in [0.4, 0.5) is 0 Å². The molecule has 2 aliphatic rings. The van der Waals surface area contributed by atoms with E-state index in [9.17, 15) is 5.26 Å². The van der Waals surface area contributed by atoms with Crippen molar-refractivity contribution >= 4 is 0 Å². The molecule has 0 aromatic carbocycles. The van der Waals surface area contributed by atoms with Gasteiger partial charge in [0.2, 0.25) is 0 Å². The number of fused-ring (bicyclic) bond motifs is 1. The molecule has 1 fully saturated rings. The summed E-state index contributed by atoms with van der Waals surface area (Å²) in [7, 11) is 0. The number of aryl methyl sites for hydroxylation is 2. The Morgan fingerprint density at radius 1 is 1.43 bits per heavy atom. The second-order valence-electron chi connectivity index (χ2n) is 6.53. The zero-order chi connectivity index (χ0) is 14.7. The molecule has 1 heterocycles. The number of nitrogens with zero attached hydrogens (tertiary/aromatic N) is 3. The van der Waals surface area contributed by atoms with Crippen LogP contribution in [0.3, 0.4) is 0 Å². The third-order valence-electron chi connectivity index (χ3n) is 5.34. The lowest BCUT2D eigenvalue weighted by Gasteiger charge is -2.30. The monoisotopic (exact) mass is 286 g/mol. The maximum atomic E-state index is 9.64. The molecule has 1 aromatic heterocycles. The molecule has 3 rings (SSSR count). The number of hydrogen-bond donors (Lipinski definition) is 1. The Kier molecular flexibility index (Phi) is 4.30. The molecule has 0 spiro atoms. The van der Waals surface area contributed by atoms with E-state index in [4.69, 9.17) is 0 Å². The van der Waals surface area contributed by atoms with Crippen molar-refractivity contribution in [2.45, 2.75) is 70.4 Å². The summed E-state index contributed by atoms with van der Waals surface area (Å²) in [6, 6.07) is 2.58. The zero-order valence-corrected chi connectivity index (χ0v) is 13.1. The SMILES string of the molecule is CCNC1(C#N)CCCC1CCn1cnc2c1CCCC2. The molecular weight excluding hydrogens is 260 g/mol. The van der Waals surface area contributed by atoms with Crippen LogP contribution in [-0.4, -0.2) is 21.6 Å². The molecule has 4 nitrogen and oxygen atoms in total. The number of rotatable bonds is 5. The number of hydrogen-bond acceptors (Lipinski definition) is 3. The van der Waals surface area contributed by atoms with Gasteiger partial charge in [-0.05, 0) is 57.4 Å². The zero-order valence-electron chi connectivity index (χ0n) is 13.1. The Hall–Kier alpha value is -1.34. The lowest BCUT2D eigenvalue weighted by molar-refractivity contribution is 0.294. The molecule has 0 saturated heterocycles. The normalized spacial score (nSPS) is 28.3. The summed E-state index contributed by atoms with van der Waals surface area (Å²) in [5, 5.41) is 13.1. The molecule has 2 unspecified atom stereocenters. The van der Waals surface area contributed by atoms with E-state index < -0.39 is 0 Å². The first kappa shape index (κ1) is 14.6.